The van der Waals surface area contributed by atoms with Crippen LogP contribution in [-0.2, 0) is 9.84 Å². The Kier molecular flexibility index (Phi) is 6.01. The number of hydrogen-bond donors (Lipinski definition) is 0. The van der Waals surface area contributed by atoms with Crippen LogP contribution < -0.4 is 9.64 Å². The molecule has 6 nitrogen and oxygen atoms in total. The van der Waals surface area contributed by atoms with E-state index in [0.29, 0.717) is 22.2 Å². The lowest BCUT2D eigenvalue weighted by Crippen LogP contribution is -2.25. The van der Waals surface area contributed by atoms with E-state index in [0.717, 1.165) is 38.8 Å². The summed E-state index contributed by atoms with van der Waals surface area (Å²) in [6.07, 6.45) is 4.20. The van der Waals surface area contributed by atoms with Gasteiger partial charge in [-0.25, -0.2) is 8.42 Å². The molecule has 0 N–H and O–H groups in total. The van der Waals surface area contributed by atoms with Crippen molar-refractivity contribution < 1.29 is 17.6 Å². The number of ether oxygens (including phenoxy) is 1. The van der Waals surface area contributed by atoms with Crippen molar-refractivity contribution in [3.63, 3.8) is 0 Å². The van der Waals surface area contributed by atoms with Crippen molar-refractivity contribution in [2.45, 2.75) is 35.6 Å². The summed E-state index contributed by atoms with van der Waals surface area (Å²) >= 11 is 5.94. The molecule has 1 aliphatic rings. The molecule has 30 heavy (non-hydrogen) atoms. The summed E-state index contributed by atoms with van der Waals surface area (Å²) in [5.41, 5.74) is 0.656. The van der Waals surface area contributed by atoms with Gasteiger partial charge in [0, 0.05) is 23.7 Å². The number of halogens is 1. The van der Waals surface area contributed by atoms with Crippen LogP contribution in [-0.4, -0.2) is 33.6 Å². The maximum absolute atomic E-state index is 13.4. The number of oxazole rings is 1. The third-order valence-electron chi connectivity index (χ3n) is 5.17. The van der Waals surface area contributed by atoms with E-state index in [2.05, 4.69) is 4.98 Å². The molecule has 8 heteroatoms. The van der Waals surface area contributed by atoms with Crippen molar-refractivity contribution in [3.8, 4) is 17.2 Å². The summed E-state index contributed by atoms with van der Waals surface area (Å²) in [4.78, 5) is 6.57. The molecule has 1 aromatic heterocycles. The number of nitrogens with zero attached hydrogens (tertiary/aromatic N) is 2. The molecule has 0 spiro atoms. The maximum atomic E-state index is 13.4. The van der Waals surface area contributed by atoms with Crippen molar-refractivity contribution in [2.75, 3.05) is 25.1 Å². The Labute approximate surface area is 181 Å². The van der Waals surface area contributed by atoms with Crippen molar-refractivity contribution in [2.24, 2.45) is 0 Å². The van der Waals surface area contributed by atoms with Crippen LogP contribution in [0.2, 0.25) is 5.02 Å². The van der Waals surface area contributed by atoms with Crippen LogP contribution in [0.25, 0.3) is 11.5 Å². The molecule has 1 saturated heterocycles. The van der Waals surface area contributed by atoms with Gasteiger partial charge < -0.3 is 14.1 Å². The highest BCUT2D eigenvalue weighted by Crippen LogP contribution is 2.36. The minimum atomic E-state index is -3.89. The third-order valence-corrected chi connectivity index (χ3v) is 7.09. The Morgan fingerprint density at radius 3 is 2.40 bits per heavy atom. The minimum absolute atomic E-state index is 0.0652. The normalized spacial score (nSPS) is 15.1. The Balaban J connectivity index is 1.84. The van der Waals surface area contributed by atoms with Gasteiger partial charge in [-0.2, -0.15) is 4.98 Å². The predicted molar refractivity (Wildman–Crippen MR) is 116 cm³/mol. The molecular weight excluding hydrogens is 424 g/mol. The molecule has 2 heterocycles. The van der Waals surface area contributed by atoms with Gasteiger partial charge in [0.25, 0.3) is 0 Å². The van der Waals surface area contributed by atoms with Gasteiger partial charge in [0.1, 0.15) is 5.75 Å². The van der Waals surface area contributed by atoms with E-state index in [9.17, 15) is 8.42 Å². The lowest BCUT2D eigenvalue weighted by Gasteiger charge is -2.20. The van der Waals surface area contributed by atoms with E-state index >= 15 is 0 Å². The third kappa shape index (κ3) is 4.18. The topological polar surface area (TPSA) is 72.6 Å². The summed E-state index contributed by atoms with van der Waals surface area (Å²) in [5, 5.41) is 0.406. The van der Waals surface area contributed by atoms with Gasteiger partial charge in [0.15, 0.2) is 0 Å². The van der Waals surface area contributed by atoms with E-state index in [1.54, 1.807) is 25.3 Å². The number of aromatic nitrogens is 1. The molecule has 2 aromatic carbocycles. The second-order valence-electron chi connectivity index (χ2n) is 7.22. The summed E-state index contributed by atoms with van der Waals surface area (Å²) in [5.74, 6) is 1.19. The molecule has 4 rings (SSSR count). The Bertz CT molecular complexity index is 1120. The summed E-state index contributed by atoms with van der Waals surface area (Å²) in [7, 11) is -2.31. The Hall–Kier alpha value is -2.51. The zero-order chi connectivity index (χ0) is 21.1. The van der Waals surface area contributed by atoms with Gasteiger partial charge in [-0.05, 0) is 55.3 Å². The molecule has 0 bridgehead atoms. The van der Waals surface area contributed by atoms with Crippen LogP contribution in [0.5, 0.6) is 5.75 Å². The lowest BCUT2D eigenvalue weighted by atomic mass is 10.2. The molecule has 0 amide bonds. The van der Waals surface area contributed by atoms with Crippen LogP contribution in [0.15, 0.2) is 62.9 Å². The lowest BCUT2D eigenvalue weighted by molar-refractivity contribution is 0.414. The standard InChI is InChI=1S/C22H23ClN2O4S/c1-28-18-8-6-7-16(15-18)20-24-21(22(29-20)25-13-4-2-3-5-14-25)30(26,27)19-11-9-17(23)10-12-19/h6-12,15H,2-5,13-14H2,1H3. The van der Waals surface area contributed by atoms with Crippen molar-refractivity contribution in [1.29, 1.82) is 0 Å². The number of anilines is 1. The Morgan fingerprint density at radius 2 is 1.73 bits per heavy atom. The highest BCUT2D eigenvalue weighted by Gasteiger charge is 2.31. The molecule has 3 aromatic rings. The quantitative estimate of drug-likeness (QED) is 0.535. The van der Waals surface area contributed by atoms with Crippen molar-refractivity contribution in [1.82, 2.24) is 4.98 Å². The van der Waals surface area contributed by atoms with Crippen LogP contribution in [0.4, 0.5) is 5.88 Å². The average Bonchev–Trinajstić information content (AvgIpc) is 3.04. The fourth-order valence-corrected chi connectivity index (χ4v) is 5.00. The molecule has 0 radical (unpaired) electrons. The van der Waals surface area contributed by atoms with E-state index in [4.69, 9.17) is 20.8 Å². The molecule has 0 atom stereocenters. The Morgan fingerprint density at radius 1 is 1.03 bits per heavy atom. The molecule has 158 valence electrons. The summed E-state index contributed by atoms with van der Waals surface area (Å²) in [6, 6.07) is 13.3. The number of hydrogen-bond acceptors (Lipinski definition) is 6. The van der Waals surface area contributed by atoms with Crippen LogP contribution in [0.3, 0.4) is 0 Å². The average molecular weight is 447 g/mol. The van der Waals surface area contributed by atoms with Gasteiger partial charge in [0.2, 0.25) is 26.6 Å². The monoisotopic (exact) mass is 446 g/mol. The van der Waals surface area contributed by atoms with E-state index < -0.39 is 9.84 Å². The van der Waals surface area contributed by atoms with Crippen molar-refractivity contribution in [3.05, 3.63) is 53.6 Å². The molecule has 0 unspecified atom stereocenters. The zero-order valence-electron chi connectivity index (χ0n) is 16.7. The maximum Gasteiger partial charge on any atom is 0.236 e. The molecular formula is C22H23ClN2O4S. The van der Waals surface area contributed by atoms with Gasteiger partial charge in [-0.15, -0.1) is 0 Å². The molecule has 0 saturated carbocycles. The number of rotatable bonds is 5. The van der Waals surface area contributed by atoms with Crippen LogP contribution in [0, 0.1) is 0 Å². The summed E-state index contributed by atoms with van der Waals surface area (Å²) in [6.45, 7) is 1.46. The first-order valence-corrected chi connectivity index (χ1v) is 11.8. The van der Waals surface area contributed by atoms with E-state index in [1.807, 2.05) is 23.1 Å². The predicted octanol–water partition coefficient (Wildman–Crippen LogP) is 5.22. The molecule has 1 fully saturated rings. The first-order valence-electron chi connectivity index (χ1n) is 9.90. The van der Waals surface area contributed by atoms with Crippen LogP contribution in [0.1, 0.15) is 25.7 Å². The molecule has 1 aliphatic heterocycles. The minimum Gasteiger partial charge on any atom is -0.497 e. The van der Waals surface area contributed by atoms with Crippen LogP contribution >= 0.6 is 11.6 Å². The fourth-order valence-electron chi connectivity index (χ4n) is 3.55. The van der Waals surface area contributed by atoms with Gasteiger partial charge in [0.05, 0.1) is 12.0 Å². The summed E-state index contributed by atoms with van der Waals surface area (Å²) < 4.78 is 38.3. The highest BCUT2D eigenvalue weighted by atomic mass is 35.5. The number of methoxy groups -OCH3 is 1. The number of sulfone groups is 1. The largest absolute Gasteiger partial charge is 0.497 e. The van der Waals surface area contributed by atoms with E-state index in [-0.39, 0.29) is 15.8 Å². The fraction of sp³-hybridized carbons (Fsp3) is 0.318. The zero-order valence-corrected chi connectivity index (χ0v) is 18.2. The second-order valence-corrected chi connectivity index (χ2v) is 9.52. The van der Waals surface area contributed by atoms with Gasteiger partial charge in [-0.3, -0.25) is 0 Å². The SMILES string of the molecule is COc1cccc(-c2nc(S(=O)(=O)c3ccc(Cl)cc3)c(N3CCCCCC3)o2)c1. The van der Waals surface area contributed by atoms with E-state index in [1.165, 1.54) is 12.1 Å². The number of benzene rings is 2. The van der Waals surface area contributed by atoms with Crippen molar-refractivity contribution >= 4 is 27.3 Å². The first kappa shape index (κ1) is 20.8. The smallest absolute Gasteiger partial charge is 0.236 e. The van der Waals surface area contributed by atoms with Gasteiger partial charge >= 0.3 is 0 Å². The second kappa shape index (κ2) is 8.70. The first-order chi connectivity index (χ1) is 14.5. The molecule has 0 aliphatic carbocycles. The highest BCUT2D eigenvalue weighted by molar-refractivity contribution is 7.91. The van der Waals surface area contributed by atoms with Gasteiger partial charge in [-0.1, -0.05) is 30.5 Å².